The largest absolute Gasteiger partial charge is 0.485 e. The third-order valence-electron chi connectivity index (χ3n) is 4.39. The Balaban J connectivity index is 1.90. The number of hydrogen-bond donors (Lipinski definition) is 0. The van der Waals surface area contributed by atoms with Gasteiger partial charge in [-0.3, -0.25) is 0 Å². The molecule has 3 rings (SSSR count). The molecule has 5 heteroatoms. The minimum atomic E-state index is -0.818. The van der Waals surface area contributed by atoms with E-state index in [1.807, 2.05) is 26.0 Å². The van der Waals surface area contributed by atoms with E-state index < -0.39 is 11.2 Å². The third kappa shape index (κ3) is 2.82. The Bertz CT molecular complexity index is 888. The fourth-order valence-electron chi connectivity index (χ4n) is 2.75. The Morgan fingerprint density at radius 2 is 2.00 bits per heavy atom. The maximum Gasteiger partial charge on any atom is 0.336 e. The summed E-state index contributed by atoms with van der Waals surface area (Å²) in [6.45, 7) is 7.15. The summed E-state index contributed by atoms with van der Waals surface area (Å²) in [7, 11) is 0. The minimum absolute atomic E-state index is 0.350. The lowest BCUT2D eigenvalue weighted by molar-refractivity contribution is -0.159. The Labute approximate surface area is 139 Å². The van der Waals surface area contributed by atoms with Crippen LogP contribution in [0.2, 0.25) is 0 Å². The first-order valence-corrected chi connectivity index (χ1v) is 7.90. The molecule has 0 radical (unpaired) electrons. The van der Waals surface area contributed by atoms with Crippen molar-refractivity contribution in [3.05, 3.63) is 51.9 Å². The first-order chi connectivity index (χ1) is 11.3. The first-order valence-electron chi connectivity index (χ1n) is 7.90. The molecule has 5 nitrogen and oxygen atoms in total. The highest BCUT2D eigenvalue weighted by Crippen LogP contribution is 2.38. The molecule has 126 valence electrons. The van der Waals surface area contributed by atoms with Gasteiger partial charge in [-0.1, -0.05) is 6.08 Å². The zero-order chi connectivity index (χ0) is 17.5. The van der Waals surface area contributed by atoms with E-state index in [9.17, 15) is 9.59 Å². The molecule has 0 saturated carbocycles. The second kappa shape index (κ2) is 5.82. The van der Waals surface area contributed by atoms with Crippen LogP contribution in [-0.4, -0.2) is 17.7 Å². The van der Waals surface area contributed by atoms with Gasteiger partial charge in [-0.25, -0.2) is 9.59 Å². The monoisotopic (exact) mass is 328 g/mol. The van der Waals surface area contributed by atoms with Crippen molar-refractivity contribution in [2.45, 2.75) is 45.8 Å². The predicted molar refractivity (Wildman–Crippen MR) is 90.2 cm³/mol. The zero-order valence-corrected chi connectivity index (χ0v) is 14.2. The van der Waals surface area contributed by atoms with E-state index in [0.717, 1.165) is 10.9 Å². The summed E-state index contributed by atoms with van der Waals surface area (Å²) in [5.74, 6) is 0.298. The van der Waals surface area contributed by atoms with Gasteiger partial charge in [-0.2, -0.15) is 0 Å². The average Bonchev–Trinajstić information content (AvgIpc) is 2.99. The summed E-state index contributed by atoms with van der Waals surface area (Å²) in [4.78, 5) is 23.6. The number of rotatable bonds is 3. The van der Waals surface area contributed by atoms with Gasteiger partial charge < -0.3 is 13.9 Å². The minimum Gasteiger partial charge on any atom is -0.485 e. The normalized spacial score (nSPS) is 17.5. The summed E-state index contributed by atoms with van der Waals surface area (Å²) >= 11 is 0. The summed E-state index contributed by atoms with van der Waals surface area (Å²) in [5.41, 5.74) is 0.710. The molecule has 1 aliphatic rings. The van der Waals surface area contributed by atoms with Crippen molar-refractivity contribution in [3.8, 4) is 5.75 Å². The molecule has 0 spiro atoms. The van der Waals surface area contributed by atoms with Gasteiger partial charge in [-0.05, 0) is 45.9 Å². The Morgan fingerprint density at radius 3 is 2.71 bits per heavy atom. The standard InChI is InChI=1S/C19H20O5/c1-5-11(2)18(21)24-19(3,4)15-10-13-14(22-15)8-6-12-7-9-16(20)23-17(12)13/h5-9,15H,10H2,1-4H3/b11-5+/t15-/m0/s1. The number of benzene rings is 1. The molecule has 24 heavy (non-hydrogen) atoms. The molecule has 1 atom stereocenters. The topological polar surface area (TPSA) is 65.7 Å². The fraction of sp³-hybridized carbons (Fsp3) is 0.368. The van der Waals surface area contributed by atoms with Crippen LogP contribution in [0.25, 0.3) is 11.0 Å². The van der Waals surface area contributed by atoms with Crippen LogP contribution >= 0.6 is 0 Å². The molecule has 2 aromatic rings. The molecular formula is C19H20O5. The molecule has 0 fully saturated rings. The molecule has 1 aliphatic heterocycles. The number of carbonyl (C=O) groups excluding carboxylic acids is 1. The van der Waals surface area contributed by atoms with Crippen LogP contribution in [0.4, 0.5) is 0 Å². The first kappa shape index (κ1) is 16.3. The highest BCUT2D eigenvalue weighted by atomic mass is 16.6. The SMILES string of the molecule is C/C=C(\C)C(=O)OC(C)(C)[C@@H]1Cc2c(ccc3ccc(=O)oc23)O1. The third-order valence-corrected chi connectivity index (χ3v) is 4.39. The van der Waals surface area contributed by atoms with E-state index in [2.05, 4.69) is 0 Å². The molecule has 2 heterocycles. The number of allylic oxidation sites excluding steroid dienone is 1. The maximum atomic E-state index is 12.1. The number of hydrogen-bond acceptors (Lipinski definition) is 5. The molecular weight excluding hydrogens is 308 g/mol. The lowest BCUT2D eigenvalue weighted by Gasteiger charge is -2.30. The second-order valence-electron chi connectivity index (χ2n) is 6.49. The summed E-state index contributed by atoms with van der Waals surface area (Å²) in [6.07, 6.45) is 1.87. The smallest absolute Gasteiger partial charge is 0.336 e. The van der Waals surface area contributed by atoms with E-state index in [0.29, 0.717) is 23.3 Å². The molecule has 0 amide bonds. The number of ether oxygens (including phenoxy) is 2. The van der Waals surface area contributed by atoms with E-state index >= 15 is 0 Å². The van der Waals surface area contributed by atoms with Gasteiger partial charge in [-0.15, -0.1) is 0 Å². The average molecular weight is 328 g/mol. The van der Waals surface area contributed by atoms with Crippen molar-refractivity contribution in [2.24, 2.45) is 0 Å². The van der Waals surface area contributed by atoms with Crippen LogP contribution in [-0.2, 0) is 16.0 Å². The highest BCUT2D eigenvalue weighted by molar-refractivity contribution is 5.88. The quantitative estimate of drug-likeness (QED) is 0.491. The second-order valence-corrected chi connectivity index (χ2v) is 6.49. The van der Waals surface area contributed by atoms with Crippen LogP contribution < -0.4 is 10.4 Å². The van der Waals surface area contributed by atoms with Crippen LogP contribution in [0.3, 0.4) is 0 Å². The Morgan fingerprint density at radius 1 is 1.29 bits per heavy atom. The summed E-state index contributed by atoms with van der Waals surface area (Å²) in [5, 5.41) is 0.845. The van der Waals surface area contributed by atoms with E-state index in [4.69, 9.17) is 13.9 Å². The molecule has 0 saturated heterocycles. The van der Waals surface area contributed by atoms with Crippen molar-refractivity contribution < 1.29 is 18.7 Å². The van der Waals surface area contributed by atoms with E-state index in [1.165, 1.54) is 6.07 Å². The van der Waals surface area contributed by atoms with Crippen molar-refractivity contribution in [2.75, 3.05) is 0 Å². The number of fused-ring (bicyclic) bond motifs is 3. The lowest BCUT2D eigenvalue weighted by Crippen LogP contribution is -2.43. The van der Waals surface area contributed by atoms with Gasteiger partial charge >= 0.3 is 11.6 Å². The van der Waals surface area contributed by atoms with Crippen molar-refractivity contribution >= 4 is 16.9 Å². The summed E-state index contributed by atoms with van der Waals surface area (Å²) < 4.78 is 16.9. The number of esters is 1. The molecule has 0 aliphatic carbocycles. The van der Waals surface area contributed by atoms with Gasteiger partial charge in [0.1, 0.15) is 23.0 Å². The van der Waals surface area contributed by atoms with Crippen LogP contribution in [0, 0.1) is 0 Å². The Kier molecular flexibility index (Phi) is 3.95. The fourth-order valence-corrected chi connectivity index (χ4v) is 2.75. The van der Waals surface area contributed by atoms with Crippen molar-refractivity contribution in [3.63, 3.8) is 0 Å². The van der Waals surface area contributed by atoms with Gasteiger partial charge in [0.05, 0.1) is 0 Å². The van der Waals surface area contributed by atoms with E-state index in [1.54, 1.807) is 26.0 Å². The highest BCUT2D eigenvalue weighted by Gasteiger charge is 2.40. The zero-order valence-electron chi connectivity index (χ0n) is 14.2. The van der Waals surface area contributed by atoms with Gasteiger partial charge in [0, 0.05) is 29.0 Å². The van der Waals surface area contributed by atoms with Gasteiger partial charge in [0.2, 0.25) is 0 Å². The van der Waals surface area contributed by atoms with Crippen LogP contribution in [0.1, 0.15) is 33.3 Å². The van der Waals surface area contributed by atoms with Gasteiger partial charge in [0.25, 0.3) is 0 Å². The molecule has 1 aromatic carbocycles. The maximum absolute atomic E-state index is 12.1. The van der Waals surface area contributed by atoms with Crippen LogP contribution in [0.15, 0.2) is 45.1 Å². The number of carbonyl (C=O) groups is 1. The van der Waals surface area contributed by atoms with Gasteiger partial charge in [0.15, 0.2) is 0 Å². The van der Waals surface area contributed by atoms with Crippen molar-refractivity contribution in [1.82, 2.24) is 0 Å². The Hall–Kier alpha value is -2.56. The van der Waals surface area contributed by atoms with Crippen molar-refractivity contribution in [1.29, 1.82) is 0 Å². The predicted octanol–water partition coefficient (Wildman–Crippen LogP) is 3.38. The van der Waals surface area contributed by atoms with E-state index in [-0.39, 0.29) is 12.1 Å². The molecule has 0 bridgehead atoms. The summed E-state index contributed by atoms with van der Waals surface area (Å²) in [6, 6.07) is 6.83. The molecule has 0 N–H and O–H groups in total. The molecule has 0 unspecified atom stereocenters. The molecule has 1 aromatic heterocycles. The van der Waals surface area contributed by atoms with Crippen LogP contribution in [0.5, 0.6) is 5.75 Å². The lowest BCUT2D eigenvalue weighted by atomic mass is 9.96.